The van der Waals surface area contributed by atoms with E-state index in [0.717, 1.165) is 50.1 Å². The van der Waals surface area contributed by atoms with Crippen LogP contribution in [0.15, 0.2) is 229 Å². The number of furan rings is 1. The Hall–Kier alpha value is -7.98. The summed E-state index contributed by atoms with van der Waals surface area (Å²) in [5.74, 6) is 0. The van der Waals surface area contributed by atoms with Gasteiger partial charge in [0.15, 0.2) is 0 Å². The molecule has 0 saturated carbocycles. The Morgan fingerprint density at radius 2 is 0.985 bits per heavy atom. The molecule has 12 aromatic rings. The second-order valence-electron chi connectivity index (χ2n) is 18.0. The van der Waals surface area contributed by atoms with Crippen molar-refractivity contribution in [1.82, 2.24) is 0 Å². The van der Waals surface area contributed by atoms with Crippen LogP contribution < -0.4 is 4.90 Å². The van der Waals surface area contributed by atoms with Crippen LogP contribution in [0.1, 0.15) is 25.0 Å². The van der Waals surface area contributed by atoms with Gasteiger partial charge in [0.05, 0.1) is 5.69 Å². The molecule has 0 spiro atoms. The molecule has 3 heteroatoms. The van der Waals surface area contributed by atoms with Crippen molar-refractivity contribution in [3.05, 3.63) is 236 Å². The highest BCUT2D eigenvalue weighted by molar-refractivity contribution is 7.26. The van der Waals surface area contributed by atoms with E-state index >= 15 is 0 Å². The molecule has 0 bridgehead atoms. The predicted octanol–water partition coefficient (Wildman–Crippen LogP) is 18.4. The molecule has 0 fully saturated rings. The van der Waals surface area contributed by atoms with Crippen LogP contribution in [-0.4, -0.2) is 0 Å². The summed E-state index contributed by atoms with van der Waals surface area (Å²) in [7, 11) is 0. The van der Waals surface area contributed by atoms with Crippen molar-refractivity contribution >= 4 is 70.5 Å². The van der Waals surface area contributed by atoms with Gasteiger partial charge < -0.3 is 9.32 Å². The first-order valence-electron chi connectivity index (χ1n) is 22.7. The second-order valence-corrected chi connectivity index (χ2v) is 19.1. The number of anilines is 3. The number of para-hydroxylation sites is 2. The van der Waals surface area contributed by atoms with Crippen molar-refractivity contribution in [2.45, 2.75) is 19.3 Å². The Morgan fingerprint density at radius 3 is 1.80 bits per heavy atom. The standard InChI is InChI=1S/C63H43NOS/c1-63(2)55-37-31-44(38-54(55)50-36-30-43(39-56(50)63)40-14-4-3-5-15-40)47-16-6-9-22-57(47)64(45-32-26-41(27-33-45)48-19-13-24-59-61(48)53-18-7-10-23-58(53)65-59)46-34-28-42(29-35-46)49-20-12-21-52-51-17-8-11-25-60(51)66-62(49)52/h3-39H,1-2H3. The zero-order chi connectivity index (χ0) is 43.9. The largest absolute Gasteiger partial charge is 0.456 e. The summed E-state index contributed by atoms with van der Waals surface area (Å²) < 4.78 is 8.94. The number of nitrogens with zero attached hydrogens (tertiary/aromatic N) is 1. The average Bonchev–Trinajstić information content (AvgIpc) is 4.02. The monoisotopic (exact) mass is 861 g/mol. The number of hydrogen-bond donors (Lipinski definition) is 0. The lowest BCUT2D eigenvalue weighted by Gasteiger charge is -2.28. The predicted molar refractivity (Wildman–Crippen MR) is 281 cm³/mol. The molecule has 2 heterocycles. The summed E-state index contributed by atoms with van der Waals surface area (Å²) in [5.41, 5.74) is 19.9. The molecule has 0 saturated heterocycles. The van der Waals surface area contributed by atoms with Crippen molar-refractivity contribution in [2.75, 3.05) is 4.90 Å². The number of thiophene rings is 1. The zero-order valence-corrected chi connectivity index (χ0v) is 37.4. The molecule has 2 aromatic heterocycles. The average molecular weight is 862 g/mol. The first kappa shape index (κ1) is 38.5. The van der Waals surface area contributed by atoms with E-state index in [0.29, 0.717) is 0 Å². The fourth-order valence-corrected chi connectivity index (χ4v) is 11.9. The molecule has 0 amide bonds. The third-order valence-electron chi connectivity index (χ3n) is 13.9. The van der Waals surface area contributed by atoms with E-state index in [2.05, 4.69) is 231 Å². The summed E-state index contributed by atoms with van der Waals surface area (Å²) in [4.78, 5) is 2.42. The van der Waals surface area contributed by atoms with Crippen LogP contribution in [-0.2, 0) is 5.41 Å². The van der Waals surface area contributed by atoms with E-state index in [1.165, 1.54) is 75.8 Å². The third-order valence-corrected chi connectivity index (χ3v) is 15.1. The van der Waals surface area contributed by atoms with Crippen molar-refractivity contribution in [3.8, 4) is 55.6 Å². The van der Waals surface area contributed by atoms with Gasteiger partial charge in [-0.2, -0.15) is 0 Å². The lowest BCUT2D eigenvalue weighted by molar-refractivity contribution is 0.660. The molecule has 0 radical (unpaired) electrons. The Bertz CT molecular complexity index is 3840. The summed E-state index contributed by atoms with van der Waals surface area (Å²) in [5, 5.41) is 4.90. The fourth-order valence-electron chi connectivity index (χ4n) is 10.6. The lowest BCUT2D eigenvalue weighted by atomic mass is 9.81. The molecule has 10 aromatic carbocycles. The van der Waals surface area contributed by atoms with E-state index in [1.54, 1.807) is 0 Å². The van der Waals surface area contributed by atoms with Crippen molar-refractivity contribution < 1.29 is 4.42 Å². The summed E-state index contributed by atoms with van der Waals surface area (Å²) in [6, 6.07) is 82.1. The minimum atomic E-state index is -0.129. The van der Waals surface area contributed by atoms with Gasteiger partial charge in [0.2, 0.25) is 0 Å². The van der Waals surface area contributed by atoms with Gasteiger partial charge in [0, 0.05) is 53.3 Å². The molecule has 66 heavy (non-hydrogen) atoms. The summed E-state index contributed by atoms with van der Waals surface area (Å²) >= 11 is 1.88. The molecule has 13 rings (SSSR count). The Labute approximate surface area is 388 Å². The first-order valence-corrected chi connectivity index (χ1v) is 23.6. The van der Waals surface area contributed by atoms with Crippen LogP contribution in [0.2, 0.25) is 0 Å². The zero-order valence-electron chi connectivity index (χ0n) is 36.6. The third kappa shape index (κ3) is 6.08. The maximum absolute atomic E-state index is 6.30. The Morgan fingerprint density at radius 1 is 0.379 bits per heavy atom. The van der Waals surface area contributed by atoms with Gasteiger partial charge in [0.25, 0.3) is 0 Å². The van der Waals surface area contributed by atoms with E-state index in [-0.39, 0.29) is 5.41 Å². The normalized spacial score (nSPS) is 12.8. The maximum atomic E-state index is 6.30. The molecule has 1 aliphatic carbocycles. The quantitative estimate of drug-likeness (QED) is 0.159. The minimum absolute atomic E-state index is 0.129. The Kier molecular flexibility index (Phi) is 8.78. The number of rotatable bonds is 7. The topological polar surface area (TPSA) is 16.4 Å². The highest BCUT2D eigenvalue weighted by Crippen LogP contribution is 2.52. The molecular formula is C63H43NOS. The van der Waals surface area contributed by atoms with E-state index < -0.39 is 0 Å². The van der Waals surface area contributed by atoms with Crippen molar-refractivity contribution in [1.29, 1.82) is 0 Å². The number of fused-ring (bicyclic) bond motifs is 9. The first-order chi connectivity index (χ1) is 32.5. The fraction of sp³-hybridized carbons (Fsp3) is 0.0476. The van der Waals surface area contributed by atoms with E-state index in [1.807, 2.05) is 23.5 Å². The molecular weight excluding hydrogens is 819 g/mol. The molecule has 1 aliphatic rings. The van der Waals surface area contributed by atoms with Crippen LogP contribution in [0, 0.1) is 0 Å². The highest BCUT2D eigenvalue weighted by atomic mass is 32.1. The summed E-state index contributed by atoms with van der Waals surface area (Å²) in [6.45, 7) is 4.73. The molecule has 0 atom stereocenters. The van der Waals surface area contributed by atoms with Gasteiger partial charge in [0.1, 0.15) is 11.2 Å². The van der Waals surface area contributed by atoms with Crippen LogP contribution in [0.5, 0.6) is 0 Å². The van der Waals surface area contributed by atoms with Gasteiger partial charge in [-0.15, -0.1) is 11.3 Å². The summed E-state index contributed by atoms with van der Waals surface area (Å²) in [6.07, 6.45) is 0. The smallest absolute Gasteiger partial charge is 0.136 e. The maximum Gasteiger partial charge on any atom is 0.136 e. The van der Waals surface area contributed by atoms with Gasteiger partial charge in [-0.05, 0) is 122 Å². The molecule has 0 unspecified atom stereocenters. The van der Waals surface area contributed by atoms with Gasteiger partial charge in [-0.3, -0.25) is 0 Å². The second kappa shape index (κ2) is 15.1. The number of benzene rings is 10. The van der Waals surface area contributed by atoms with Crippen molar-refractivity contribution in [2.24, 2.45) is 0 Å². The lowest BCUT2D eigenvalue weighted by Crippen LogP contribution is -2.15. The molecule has 312 valence electrons. The Balaban J connectivity index is 0.944. The van der Waals surface area contributed by atoms with E-state index in [9.17, 15) is 0 Å². The molecule has 0 aliphatic heterocycles. The van der Waals surface area contributed by atoms with Crippen LogP contribution in [0.3, 0.4) is 0 Å². The highest BCUT2D eigenvalue weighted by Gasteiger charge is 2.36. The van der Waals surface area contributed by atoms with Gasteiger partial charge >= 0.3 is 0 Å². The van der Waals surface area contributed by atoms with Gasteiger partial charge in [-0.25, -0.2) is 0 Å². The van der Waals surface area contributed by atoms with Crippen LogP contribution >= 0.6 is 11.3 Å². The number of hydrogen-bond acceptors (Lipinski definition) is 3. The van der Waals surface area contributed by atoms with Gasteiger partial charge in [-0.1, -0.05) is 178 Å². The van der Waals surface area contributed by atoms with Crippen LogP contribution in [0.4, 0.5) is 17.1 Å². The van der Waals surface area contributed by atoms with E-state index in [4.69, 9.17) is 4.42 Å². The minimum Gasteiger partial charge on any atom is -0.456 e. The van der Waals surface area contributed by atoms with Crippen molar-refractivity contribution in [3.63, 3.8) is 0 Å². The molecule has 2 nitrogen and oxygen atoms in total. The van der Waals surface area contributed by atoms with Crippen LogP contribution in [0.25, 0.3) is 97.7 Å². The SMILES string of the molecule is CC1(C)c2ccc(-c3ccccc3N(c3ccc(-c4cccc5c4sc4ccccc45)cc3)c3ccc(-c4cccc5oc6ccccc6c45)cc3)cc2-c2ccc(-c3ccccc3)cc21. The molecule has 0 N–H and O–H groups in total.